The largest absolute Gasteiger partial charge is 0.381 e. The number of methoxy groups -OCH3 is 1. The van der Waals surface area contributed by atoms with Gasteiger partial charge in [0.2, 0.25) is 0 Å². The van der Waals surface area contributed by atoms with Gasteiger partial charge in [-0.1, -0.05) is 30.3 Å². The van der Waals surface area contributed by atoms with E-state index >= 15 is 0 Å². The molecule has 17 heavy (non-hydrogen) atoms. The standard InChI is InChI=1S/C14H16N2O/c1-17-13-7-12(8-13)16-10-15-9-14(16)11-5-3-2-4-6-11/h2-6,9-10,12-13H,7-8H2,1H3. The molecule has 1 fully saturated rings. The van der Waals surface area contributed by atoms with Crippen molar-refractivity contribution in [2.45, 2.75) is 25.0 Å². The summed E-state index contributed by atoms with van der Waals surface area (Å²) in [5, 5.41) is 0. The molecule has 3 heteroatoms. The van der Waals surface area contributed by atoms with Gasteiger partial charge in [-0.25, -0.2) is 4.98 Å². The highest BCUT2D eigenvalue weighted by molar-refractivity contribution is 5.58. The molecule has 1 aliphatic rings. The van der Waals surface area contributed by atoms with Crippen molar-refractivity contribution >= 4 is 0 Å². The Kier molecular flexibility index (Phi) is 2.69. The van der Waals surface area contributed by atoms with Crippen LogP contribution in [0.2, 0.25) is 0 Å². The molecule has 3 rings (SSSR count). The summed E-state index contributed by atoms with van der Waals surface area (Å²) < 4.78 is 7.59. The average Bonchev–Trinajstić information content (AvgIpc) is 2.78. The van der Waals surface area contributed by atoms with Crippen LogP contribution in [0.25, 0.3) is 11.3 Å². The Hall–Kier alpha value is -1.61. The van der Waals surface area contributed by atoms with Gasteiger partial charge in [-0.3, -0.25) is 0 Å². The summed E-state index contributed by atoms with van der Waals surface area (Å²) in [5.74, 6) is 0. The zero-order chi connectivity index (χ0) is 11.7. The molecule has 0 N–H and O–H groups in total. The van der Waals surface area contributed by atoms with E-state index in [1.165, 1.54) is 11.3 Å². The summed E-state index contributed by atoms with van der Waals surface area (Å²) >= 11 is 0. The Morgan fingerprint density at radius 1 is 1.24 bits per heavy atom. The van der Waals surface area contributed by atoms with Gasteiger partial charge in [0.15, 0.2) is 0 Å². The molecule has 0 atom stereocenters. The van der Waals surface area contributed by atoms with Crippen LogP contribution in [0.15, 0.2) is 42.9 Å². The van der Waals surface area contributed by atoms with E-state index in [0.717, 1.165) is 12.8 Å². The van der Waals surface area contributed by atoms with Gasteiger partial charge in [-0.05, 0) is 18.4 Å². The summed E-state index contributed by atoms with van der Waals surface area (Å²) in [5.41, 5.74) is 2.43. The molecule has 3 nitrogen and oxygen atoms in total. The van der Waals surface area contributed by atoms with Crippen molar-refractivity contribution in [3.05, 3.63) is 42.9 Å². The van der Waals surface area contributed by atoms with Crippen molar-refractivity contribution in [1.29, 1.82) is 0 Å². The third-order valence-electron chi connectivity index (χ3n) is 3.53. The predicted octanol–water partition coefficient (Wildman–Crippen LogP) is 2.90. The lowest BCUT2D eigenvalue weighted by Gasteiger charge is -2.35. The third kappa shape index (κ3) is 1.87. The molecular formula is C14H16N2O. The fourth-order valence-electron chi connectivity index (χ4n) is 2.39. The monoisotopic (exact) mass is 228 g/mol. The Labute approximate surface area is 101 Å². The molecule has 1 saturated carbocycles. The highest BCUT2D eigenvalue weighted by Crippen LogP contribution is 2.36. The van der Waals surface area contributed by atoms with Crippen molar-refractivity contribution in [3.8, 4) is 11.3 Å². The molecule has 1 aliphatic carbocycles. The number of benzene rings is 1. The van der Waals surface area contributed by atoms with Crippen LogP contribution in [0.4, 0.5) is 0 Å². The van der Waals surface area contributed by atoms with E-state index in [1.54, 1.807) is 7.11 Å². The van der Waals surface area contributed by atoms with Gasteiger partial charge in [-0.2, -0.15) is 0 Å². The van der Waals surface area contributed by atoms with Crippen molar-refractivity contribution in [2.75, 3.05) is 7.11 Å². The zero-order valence-corrected chi connectivity index (χ0v) is 9.91. The van der Waals surface area contributed by atoms with Crippen molar-refractivity contribution in [1.82, 2.24) is 9.55 Å². The predicted molar refractivity (Wildman–Crippen MR) is 66.7 cm³/mol. The zero-order valence-electron chi connectivity index (χ0n) is 9.91. The minimum atomic E-state index is 0.422. The lowest BCUT2D eigenvalue weighted by atomic mass is 9.88. The van der Waals surface area contributed by atoms with Crippen molar-refractivity contribution < 1.29 is 4.74 Å². The Balaban J connectivity index is 1.86. The smallest absolute Gasteiger partial charge is 0.0953 e. The molecule has 0 amide bonds. The molecule has 0 unspecified atom stereocenters. The number of hydrogen-bond donors (Lipinski definition) is 0. The summed E-state index contributed by atoms with van der Waals surface area (Å²) in [6, 6.07) is 10.9. The van der Waals surface area contributed by atoms with E-state index in [0.29, 0.717) is 12.1 Å². The number of hydrogen-bond acceptors (Lipinski definition) is 2. The summed E-state index contributed by atoms with van der Waals surface area (Å²) in [6.07, 6.45) is 6.47. The first-order chi connectivity index (χ1) is 8.38. The van der Waals surface area contributed by atoms with Crippen LogP contribution in [0.5, 0.6) is 0 Å². The highest BCUT2D eigenvalue weighted by atomic mass is 16.5. The Morgan fingerprint density at radius 3 is 2.71 bits per heavy atom. The SMILES string of the molecule is COC1CC(n2cncc2-c2ccccc2)C1. The molecule has 1 aromatic heterocycles. The van der Waals surface area contributed by atoms with E-state index in [-0.39, 0.29) is 0 Å². The lowest BCUT2D eigenvalue weighted by molar-refractivity contribution is 0.00663. The van der Waals surface area contributed by atoms with Gasteiger partial charge >= 0.3 is 0 Å². The molecule has 88 valence electrons. The van der Waals surface area contributed by atoms with Gasteiger partial charge in [-0.15, -0.1) is 0 Å². The summed E-state index contributed by atoms with van der Waals surface area (Å²) in [6.45, 7) is 0. The maximum atomic E-state index is 5.33. The van der Waals surface area contributed by atoms with Gasteiger partial charge in [0.1, 0.15) is 0 Å². The molecule has 0 saturated heterocycles. The van der Waals surface area contributed by atoms with Crippen LogP contribution in [-0.2, 0) is 4.74 Å². The average molecular weight is 228 g/mol. The van der Waals surface area contributed by atoms with Crippen molar-refractivity contribution in [2.24, 2.45) is 0 Å². The molecule has 1 heterocycles. The quantitative estimate of drug-likeness (QED) is 0.807. The fraction of sp³-hybridized carbons (Fsp3) is 0.357. The second-order valence-electron chi connectivity index (χ2n) is 4.54. The van der Waals surface area contributed by atoms with Crippen LogP contribution in [0, 0.1) is 0 Å². The first-order valence-electron chi connectivity index (χ1n) is 5.98. The maximum Gasteiger partial charge on any atom is 0.0953 e. The minimum Gasteiger partial charge on any atom is -0.381 e. The van der Waals surface area contributed by atoms with E-state index in [1.807, 2.05) is 18.6 Å². The first-order valence-corrected chi connectivity index (χ1v) is 5.98. The molecule has 0 radical (unpaired) electrons. The first kappa shape index (κ1) is 10.5. The molecule has 0 aliphatic heterocycles. The molecule has 0 bridgehead atoms. The lowest BCUT2D eigenvalue weighted by Crippen LogP contribution is -2.32. The van der Waals surface area contributed by atoms with Crippen LogP contribution < -0.4 is 0 Å². The van der Waals surface area contributed by atoms with Gasteiger partial charge in [0, 0.05) is 13.2 Å². The van der Waals surface area contributed by atoms with Crippen LogP contribution in [0.3, 0.4) is 0 Å². The topological polar surface area (TPSA) is 27.1 Å². The van der Waals surface area contributed by atoms with Gasteiger partial charge in [0.05, 0.1) is 24.3 Å². The number of aromatic nitrogens is 2. The van der Waals surface area contributed by atoms with Crippen LogP contribution in [0.1, 0.15) is 18.9 Å². The Bertz CT molecular complexity index is 486. The fourth-order valence-corrected chi connectivity index (χ4v) is 2.39. The number of ether oxygens (including phenoxy) is 1. The van der Waals surface area contributed by atoms with Gasteiger partial charge in [0.25, 0.3) is 0 Å². The third-order valence-corrected chi connectivity index (χ3v) is 3.53. The molecule has 1 aromatic carbocycles. The van der Waals surface area contributed by atoms with Gasteiger partial charge < -0.3 is 9.30 Å². The summed E-state index contributed by atoms with van der Waals surface area (Å²) in [4.78, 5) is 4.27. The van der Waals surface area contributed by atoms with E-state index in [4.69, 9.17) is 4.74 Å². The molecular weight excluding hydrogens is 212 g/mol. The second kappa shape index (κ2) is 4.34. The number of nitrogens with zero attached hydrogens (tertiary/aromatic N) is 2. The maximum absolute atomic E-state index is 5.33. The van der Waals surface area contributed by atoms with E-state index in [2.05, 4.69) is 33.8 Å². The Morgan fingerprint density at radius 2 is 2.00 bits per heavy atom. The molecule has 0 spiro atoms. The highest BCUT2D eigenvalue weighted by Gasteiger charge is 2.31. The van der Waals surface area contributed by atoms with E-state index in [9.17, 15) is 0 Å². The second-order valence-corrected chi connectivity index (χ2v) is 4.54. The van der Waals surface area contributed by atoms with Crippen molar-refractivity contribution in [3.63, 3.8) is 0 Å². The van der Waals surface area contributed by atoms with Crippen LogP contribution in [-0.4, -0.2) is 22.8 Å². The van der Waals surface area contributed by atoms with E-state index < -0.39 is 0 Å². The molecule has 2 aromatic rings. The minimum absolute atomic E-state index is 0.422. The normalized spacial score (nSPS) is 23.4. The number of imidazole rings is 1. The number of rotatable bonds is 3. The summed E-state index contributed by atoms with van der Waals surface area (Å²) in [7, 11) is 1.78. The van der Waals surface area contributed by atoms with Crippen LogP contribution >= 0.6 is 0 Å².